The highest BCUT2D eigenvalue weighted by Gasteiger charge is 2.13. The first-order valence-corrected chi connectivity index (χ1v) is 8.17. The Bertz CT molecular complexity index is 612. The second kappa shape index (κ2) is 8.19. The van der Waals surface area contributed by atoms with Crippen molar-refractivity contribution in [3.63, 3.8) is 0 Å². The number of nitrogens with zero attached hydrogens (tertiary/aromatic N) is 1. The van der Waals surface area contributed by atoms with Crippen molar-refractivity contribution in [2.75, 3.05) is 20.6 Å². The molecule has 0 spiro atoms. The molecule has 0 aliphatic heterocycles. The van der Waals surface area contributed by atoms with E-state index < -0.39 is 0 Å². The fraction of sp³-hybridized carbons (Fsp3) is 0.294. The molecule has 0 saturated heterocycles. The van der Waals surface area contributed by atoms with Crippen LogP contribution in [0.15, 0.2) is 42.5 Å². The van der Waals surface area contributed by atoms with Gasteiger partial charge in [-0.1, -0.05) is 53.0 Å². The van der Waals surface area contributed by atoms with Gasteiger partial charge in [0.2, 0.25) is 0 Å². The van der Waals surface area contributed by atoms with E-state index in [1.165, 1.54) is 5.56 Å². The lowest BCUT2D eigenvalue weighted by Gasteiger charge is -2.25. The molecule has 1 atom stereocenters. The van der Waals surface area contributed by atoms with Crippen LogP contribution in [0.3, 0.4) is 0 Å². The standard InChI is InChI=1S/C17H19Cl3N2/c1-22(2)17(12-3-6-14(18)7-4-12)11-21-10-13-5-8-15(19)9-16(13)20/h3-9,17,21H,10-11H2,1-2H3. The molecule has 118 valence electrons. The van der Waals surface area contributed by atoms with Gasteiger partial charge in [-0.05, 0) is 49.5 Å². The highest BCUT2D eigenvalue weighted by atomic mass is 35.5. The van der Waals surface area contributed by atoms with Crippen LogP contribution in [0, 0.1) is 0 Å². The predicted octanol–water partition coefficient (Wildman–Crippen LogP) is 5.04. The molecule has 2 nitrogen and oxygen atoms in total. The number of hydrogen-bond acceptors (Lipinski definition) is 2. The van der Waals surface area contributed by atoms with Crippen LogP contribution in [0.25, 0.3) is 0 Å². The van der Waals surface area contributed by atoms with Gasteiger partial charge in [-0.15, -0.1) is 0 Å². The molecule has 0 fully saturated rings. The summed E-state index contributed by atoms with van der Waals surface area (Å²) >= 11 is 18.1. The van der Waals surface area contributed by atoms with Crippen LogP contribution in [0.2, 0.25) is 15.1 Å². The Morgan fingerprint density at radius 3 is 2.18 bits per heavy atom. The molecule has 0 aliphatic carbocycles. The monoisotopic (exact) mass is 356 g/mol. The molecule has 22 heavy (non-hydrogen) atoms. The Morgan fingerprint density at radius 1 is 0.955 bits per heavy atom. The lowest BCUT2D eigenvalue weighted by Crippen LogP contribution is -2.30. The third kappa shape index (κ3) is 4.87. The van der Waals surface area contributed by atoms with Gasteiger partial charge in [0.05, 0.1) is 0 Å². The van der Waals surface area contributed by atoms with E-state index in [1.807, 2.05) is 24.3 Å². The molecular weight excluding hydrogens is 339 g/mol. The Kier molecular flexibility index (Phi) is 6.54. The molecule has 2 rings (SSSR count). The van der Waals surface area contributed by atoms with Crippen molar-refractivity contribution < 1.29 is 0 Å². The van der Waals surface area contributed by atoms with E-state index in [2.05, 4.69) is 36.4 Å². The molecule has 0 aromatic heterocycles. The first-order valence-electron chi connectivity index (χ1n) is 7.04. The number of likely N-dealkylation sites (N-methyl/N-ethyl adjacent to an activating group) is 1. The molecule has 5 heteroatoms. The van der Waals surface area contributed by atoms with E-state index in [9.17, 15) is 0 Å². The third-order valence-corrected chi connectivity index (χ3v) is 4.39. The lowest BCUT2D eigenvalue weighted by atomic mass is 10.1. The smallest absolute Gasteiger partial charge is 0.0466 e. The molecule has 0 aliphatic rings. The summed E-state index contributed by atoms with van der Waals surface area (Å²) in [5.74, 6) is 0. The second-order valence-corrected chi connectivity index (χ2v) is 6.68. The Labute approximate surface area is 147 Å². The summed E-state index contributed by atoms with van der Waals surface area (Å²) in [4.78, 5) is 2.18. The number of hydrogen-bond donors (Lipinski definition) is 1. The summed E-state index contributed by atoms with van der Waals surface area (Å²) in [6.07, 6.45) is 0. The van der Waals surface area contributed by atoms with Crippen molar-refractivity contribution >= 4 is 34.8 Å². The summed E-state index contributed by atoms with van der Waals surface area (Å²) in [5.41, 5.74) is 2.27. The maximum Gasteiger partial charge on any atom is 0.0466 e. The van der Waals surface area contributed by atoms with E-state index >= 15 is 0 Å². The molecule has 0 radical (unpaired) electrons. The zero-order valence-corrected chi connectivity index (χ0v) is 14.9. The van der Waals surface area contributed by atoms with Gasteiger partial charge >= 0.3 is 0 Å². The van der Waals surface area contributed by atoms with E-state index in [-0.39, 0.29) is 6.04 Å². The van der Waals surface area contributed by atoms with Gasteiger partial charge in [0, 0.05) is 34.2 Å². The number of nitrogens with one attached hydrogen (secondary N) is 1. The van der Waals surface area contributed by atoms with Crippen LogP contribution < -0.4 is 5.32 Å². The molecule has 0 heterocycles. The van der Waals surface area contributed by atoms with Crippen LogP contribution in [0.4, 0.5) is 0 Å². The molecule has 0 saturated carbocycles. The molecule has 0 amide bonds. The van der Waals surface area contributed by atoms with Crippen LogP contribution in [-0.4, -0.2) is 25.5 Å². The van der Waals surface area contributed by atoms with E-state index in [0.717, 1.165) is 17.1 Å². The van der Waals surface area contributed by atoms with Gasteiger partial charge in [-0.3, -0.25) is 0 Å². The maximum absolute atomic E-state index is 6.19. The number of halogens is 3. The first-order chi connectivity index (χ1) is 10.5. The molecule has 2 aromatic rings. The average Bonchev–Trinajstić information content (AvgIpc) is 2.46. The Balaban J connectivity index is 1.99. The van der Waals surface area contributed by atoms with Gasteiger partial charge in [0.25, 0.3) is 0 Å². The van der Waals surface area contributed by atoms with Crippen molar-refractivity contribution in [1.82, 2.24) is 10.2 Å². The fourth-order valence-corrected chi connectivity index (χ4v) is 2.89. The Morgan fingerprint density at radius 2 is 1.59 bits per heavy atom. The summed E-state index contributed by atoms with van der Waals surface area (Å²) in [6.45, 7) is 1.52. The van der Waals surface area contributed by atoms with Crippen molar-refractivity contribution in [3.8, 4) is 0 Å². The van der Waals surface area contributed by atoms with Gasteiger partial charge < -0.3 is 10.2 Å². The van der Waals surface area contributed by atoms with Crippen LogP contribution in [-0.2, 0) is 6.54 Å². The van der Waals surface area contributed by atoms with Gasteiger partial charge in [0.1, 0.15) is 0 Å². The highest BCUT2D eigenvalue weighted by Crippen LogP contribution is 2.22. The third-order valence-electron chi connectivity index (χ3n) is 3.55. The quantitative estimate of drug-likeness (QED) is 0.779. The van der Waals surface area contributed by atoms with Gasteiger partial charge in [-0.25, -0.2) is 0 Å². The summed E-state index contributed by atoms with van der Waals surface area (Å²) in [7, 11) is 4.13. The Hall–Kier alpha value is -0.770. The van der Waals surface area contributed by atoms with Crippen molar-refractivity contribution in [2.24, 2.45) is 0 Å². The average molecular weight is 358 g/mol. The second-order valence-electron chi connectivity index (χ2n) is 5.40. The zero-order chi connectivity index (χ0) is 16.1. The predicted molar refractivity (Wildman–Crippen MR) is 96.0 cm³/mol. The molecule has 1 N–H and O–H groups in total. The number of benzene rings is 2. The van der Waals surface area contributed by atoms with Crippen molar-refractivity contribution in [2.45, 2.75) is 12.6 Å². The first kappa shape index (κ1) is 17.6. The van der Waals surface area contributed by atoms with Gasteiger partial charge in [-0.2, -0.15) is 0 Å². The largest absolute Gasteiger partial charge is 0.311 e. The van der Waals surface area contributed by atoms with E-state index in [4.69, 9.17) is 34.8 Å². The van der Waals surface area contributed by atoms with Crippen molar-refractivity contribution in [1.29, 1.82) is 0 Å². The summed E-state index contributed by atoms with van der Waals surface area (Å²) < 4.78 is 0. The summed E-state index contributed by atoms with van der Waals surface area (Å²) in [6, 6.07) is 13.8. The lowest BCUT2D eigenvalue weighted by molar-refractivity contribution is 0.288. The number of rotatable bonds is 6. The van der Waals surface area contributed by atoms with E-state index in [0.29, 0.717) is 16.6 Å². The fourth-order valence-electron chi connectivity index (χ4n) is 2.29. The summed E-state index contributed by atoms with van der Waals surface area (Å²) in [5, 5.41) is 5.55. The normalized spacial score (nSPS) is 12.6. The maximum atomic E-state index is 6.19. The van der Waals surface area contributed by atoms with Crippen molar-refractivity contribution in [3.05, 3.63) is 68.7 Å². The highest BCUT2D eigenvalue weighted by molar-refractivity contribution is 6.35. The topological polar surface area (TPSA) is 15.3 Å². The molecular formula is C17H19Cl3N2. The van der Waals surface area contributed by atoms with Crippen LogP contribution >= 0.6 is 34.8 Å². The molecule has 1 unspecified atom stereocenters. The molecule has 2 aromatic carbocycles. The minimum atomic E-state index is 0.267. The SMILES string of the molecule is CN(C)C(CNCc1ccc(Cl)cc1Cl)c1ccc(Cl)cc1. The zero-order valence-electron chi connectivity index (χ0n) is 12.6. The minimum Gasteiger partial charge on any atom is -0.311 e. The minimum absolute atomic E-state index is 0.267. The van der Waals surface area contributed by atoms with E-state index in [1.54, 1.807) is 6.07 Å². The van der Waals surface area contributed by atoms with Crippen LogP contribution in [0.5, 0.6) is 0 Å². The molecule has 0 bridgehead atoms. The van der Waals surface area contributed by atoms with Gasteiger partial charge in [0.15, 0.2) is 0 Å². The van der Waals surface area contributed by atoms with Crippen LogP contribution in [0.1, 0.15) is 17.2 Å².